The van der Waals surface area contributed by atoms with Crippen LogP contribution in [0.4, 0.5) is 0 Å². The van der Waals surface area contributed by atoms with Crippen LogP contribution < -0.4 is 10.1 Å². The van der Waals surface area contributed by atoms with Crippen LogP contribution in [0.15, 0.2) is 18.5 Å². The van der Waals surface area contributed by atoms with E-state index < -0.39 is 0 Å². The molecule has 17 heavy (non-hydrogen) atoms. The van der Waals surface area contributed by atoms with Crippen molar-refractivity contribution >= 4 is 0 Å². The third-order valence-electron chi connectivity index (χ3n) is 2.65. The second-order valence-corrected chi connectivity index (χ2v) is 3.85. The summed E-state index contributed by atoms with van der Waals surface area (Å²) in [7, 11) is 1.65. The summed E-state index contributed by atoms with van der Waals surface area (Å²) in [6.07, 6.45) is 3.66. The highest BCUT2D eigenvalue weighted by atomic mass is 16.5. The Morgan fingerprint density at radius 3 is 2.71 bits per heavy atom. The second kappa shape index (κ2) is 7.25. The fourth-order valence-electron chi connectivity index (χ4n) is 1.85. The molecule has 1 N–H and O–H groups in total. The first kappa shape index (κ1) is 13.9. The predicted octanol–water partition coefficient (Wildman–Crippen LogP) is 2.17. The molecule has 96 valence electrons. The van der Waals surface area contributed by atoms with E-state index in [1.165, 1.54) is 0 Å². The van der Waals surface area contributed by atoms with Crippen LogP contribution in [0.2, 0.25) is 0 Å². The van der Waals surface area contributed by atoms with E-state index in [4.69, 9.17) is 9.47 Å². The fraction of sp³-hybridized carbons (Fsp3) is 0.615. The maximum Gasteiger partial charge on any atom is 0.137 e. The highest BCUT2D eigenvalue weighted by Crippen LogP contribution is 2.22. The van der Waals surface area contributed by atoms with Crippen molar-refractivity contribution in [1.29, 1.82) is 0 Å². The van der Waals surface area contributed by atoms with Crippen molar-refractivity contribution in [2.75, 3.05) is 20.3 Å². The quantitative estimate of drug-likeness (QED) is 0.790. The van der Waals surface area contributed by atoms with Gasteiger partial charge in [0.1, 0.15) is 5.75 Å². The molecule has 4 heteroatoms. The molecule has 0 saturated heterocycles. The number of nitrogens with one attached hydrogen (secondary N) is 1. The molecule has 2 unspecified atom stereocenters. The summed E-state index contributed by atoms with van der Waals surface area (Å²) in [6, 6.07) is 2.14. The summed E-state index contributed by atoms with van der Waals surface area (Å²) in [6.45, 7) is 7.75. The molecule has 0 aliphatic rings. The molecule has 0 aliphatic carbocycles. The molecule has 0 fully saturated rings. The van der Waals surface area contributed by atoms with Gasteiger partial charge in [-0.15, -0.1) is 0 Å². The minimum atomic E-state index is 0.105. The molecule has 0 radical (unpaired) electrons. The van der Waals surface area contributed by atoms with Crippen molar-refractivity contribution in [3.63, 3.8) is 0 Å². The highest BCUT2D eigenvalue weighted by molar-refractivity contribution is 5.26. The number of likely N-dealkylation sites (N-methyl/N-ethyl adjacent to an activating group) is 1. The zero-order chi connectivity index (χ0) is 12.7. The van der Waals surface area contributed by atoms with Crippen LogP contribution in [0, 0.1) is 0 Å². The van der Waals surface area contributed by atoms with Crippen LogP contribution in [0.1, 0.15) is 32.4 Å². The fourth-order valence-corrected chi connectivity index (χ4v) is 1.85. The molecule has 0 aliphatic heterocycles. The lowest BCUT2D eigenvalue weighted by Gasteiger charge is -2.25. The van der Waals surface area contributed by atoms with E-state index in [0.29, 0.717) is 6.61 Å². The molecule has 1 aromatic rings. The Kier molecular flexibility index (Phi) is 5.94. The average molecular weight is 238 g/mol. The number of ether oxygens (including phenoxy) is 2. The first-order valence-corrected chi connectivity index (χ1v) is 6.06. The summed E-state index contributed by atoms with van der Waals surface area (Å²) in [5.41, 5.74) is 1.09. The van der Waals surface area contributed by atoms with Gasteiger partial charge >= 0.3 is 0 Å². The van der Waals surface area contributed by atoms with Gasteiger partial charge < -0.3 is 14.8 Å². The van der Waals surface area contributed by atoms with Gasteiger partial charge in [-0.05, 0) is 32.0 Å². The molecule has 0 amide bonds. The van der Waals surface area contributed by atoms with Gasteiger partial charge in [0.15, 0.2) is 0 Å². The van der Waals surface area contributed by atoms with Crippen LogP contribution in [-0.4, -0.2) is 31.3 Å². The molecule has 0 bridgehead atoms. The molecule has 4 nitrogen and oxygen atoms in total. The largest absolute Gasteiger partial charge is 0.495 e. The minimum absolute atomic E-state index is 0.105. The van der Waals surface area contributed by atoms with Crippen LogP contribution >= 0.6 is 0 Å². The zero-order valence-electron chi connectivity index (χ0n) is 11.1. The third kappa shape index (κ3) is 3.98. The smallest absolute Gasteiger partial charge is 0.137 e. The van der Waals surface area contributed by atoms with Gasteiger partial charge in [0, 0.05) is 12.8 Å². The Hall–Kier alpha value is -1.13. The molecular formula is C13H22N2O2. The zero-order valence-corrected chi connectivity index (χ0v) is 11.1. The number of pyridine rings is 1. The molecule has 0 aromatic carbocycles. The van der Waals surface area contributed by atoms with Crippen molar-refractivity contribution in [3.8, 4) is 5.75 Å². The summed E-state index contributed by atoms with van der Waals surface area (Å²) in [5.74, 6) is 0.772. The minimum Gasteiger partial charge on any atom is -0.495 e. The van der Waals surface area contributed by atoms with E-state index in [2.05, 4.69) is 24.1 Å². The average Bonchev–Trinajstić information content (AvgIpc) is 2.36. The van der Waals surface area contributed by atoms with Crippen molar-refractivity contribution in [3.05, 3.63) is 24.0 Å². The SMILES string of the molecule is CCNC(c1cncc(OC)c1)C(C)OCC. The van der Waals surface area contributed by atoms with Gasteiger partial charge in [-0.1, -0.05) is 6.92 Å². The Bertz CT molecular complexity index is 331. The molecular weight excluding hydrogens is 216 g/mol. The maximum absolute atomic E-state index is 5.65. The Labute approximate surface area is 103 Å². The van der Waals surface area contributed by atoms with Crippen molar-refractivity contribution in [2.24, 2.45) is 0 Å². The first-order valence-electron chi connectivity index (χ1n) is 6.06. The lowest BCUT2D eigenvalue weighted by Crippen LogP contribution is -2.32. The third-order valence-corrected chi connectivity index (χ3v) is 2.65. The summed E-state index contributed by atoms with van der Waals surface area (Å²) >= 11 is 0. The summed E-state index contributed by atoms with van der Waals surface area (Å²) < 4.78 is 10.8. The van der Waals surface area contributed by atoms with Crippen LogP contribution in [0.25, 0.3) is 0 Å². The van der Waals surface area contributed by atoms with Crippen molar-refractivity contribution < 1.29 is 9.47 Å². The van der Waals surface area contributed by atoms with Gasteiger partial charge in [-0.2, -0.15) is 0 Å². The van der Waals surface area contributed by atoms with Gasteiger partial charge in [0.2, 0.25) is 0 Å². The normalized spacial score (nSPS) is 14.4. The van der Waals surface area contributed by atoms with Gasteiger partial charge in [0.05, 0.1) is 25.5 Å². The van der Waals surface area contributed by atoms with E-state index in [0.717, 1.165) is 17.9 Å². The molecule has 1 rings (SSSR count). The molecule has 0 saturated carbocycles. The van der Waals surface area contributed by atoms with E-state index >= 15 is 0 Å². The number of methoxy groups -OCH3 is 1. The number of rotatable bonds is 7. The standard InChI is InChI=1S/C13H22N2O2/c1-5-15-13(10(3)17-6-2)11-7-12(16-4)9-14-8-11/h7-10,13,15H,5-6H2,1-4H3. The number of hydrogen-bond acceptors (Lipinski definition) is 4. The van der Waals surface area contributed by atoms with E-state index in [1.807, 2.05) is 19.2 Å². The Morgan fingerprint density at radius 2 is 2.12 bits per heavy atom. The van der Waals surface area contributed by atoms with Crippen molar-refractivity contribution in [2.45, 2.75) is 32.9 Å². The number of nitrogens with zero attached hydrogens (tertiary/aromatic N) is 1. The lowest BCUT2D eigenvalue weighted by molar-refractivity contribution is 0.0475. The van der Waals surface area contributed by atoms with Crippen molar-refractivity contribution in [1.82, 2.24) is 10.3 Å². The van der Waals surface area contributed by atoms with Crippen LogP contribution in [-0.2, 0) is 4.74 Å². The van der Waals surface area contributed by atoms with Crippen LogP contribution in [0.5, 0.6) is 5.75 Å². The topological polar surface area (TPSA) is 43.4 Å². The first-order chi connectivity index (χ1) is 8.22. The van der Waals surface area contributed by atoms with Crippen LogP contribution in [0.3, 0.4) is 0 Å². The summed E-state index contributed by atoms with van der Waals surface area (Å²) in [4.78, 5) is 4.18. The maximum atomic E-state index is 5.65. The Morgan fingerprint density at radius 1 is 1.35 bits per heavy atom. The Balaban J connectivity index is 2.87. The second-order valence-electron chi connectivity index (χ2n) is 3.85. The number of aromatic nitrogens is 1. The highest BCUT2D eigenvalue weighted by Gasteiger charge is 2.19. The molecule has 1 aromatic heterocycles. The summed E-state index contributed by atoms with van der Waals surface area (Å²) in [5, 5.41) is 3.41. The predicted molar refractivity (Wildman–Crippen MR) is 68.3 cm³/mol. The molecule has 1 heterocycles. The molecule has 0 spiro atoms. The van der Waals surface area contributed by atoms with E-state index in [-0.39, 0.29) is 12.1 Å². The van der Waals surface area contributed by atoms with E-state index in [9.17, 15) is 0 Å². The van der Waals surface area contributed by atoms with E-state index in [1.54, 1.807) is 13.3 Å². The number of hydrogen-bond donors (Lipinski definition) is 1. The monoisotopic (exact) mass is 238 g/mol. The van der Waals surface area contributed by atoms with Gasteiger partial charge in [0.25, 0.3) is 0 Å². The molecule has 2 atom stereocenters. The lowest BCUT2D eigenvalue weighted by atomic mass is 10.0. The van der Waals surface area contributed by atoms with Gasteiger partial charge in [-0.25, -0.2) is 0 Å². The van der Waals surface area contributed by atoms with Gasteiger partial charge in [-0.3, -0.25) is 4.98 Å².